The molecule has 1 aliphatic heterocycles. The Morgan fingerprint density at radius 1 is 1.15 bits per heavy atom. The highest BCUT2D eigenvalue weighted by molar-refractivity contribution is 4.95. The summed E-state index contributed by atoms with van der Waals surface area (Å²) in [4.78, 5) is 0. The average molecular weight is 185 g/mol. The summed E-state index contributed by atoms with van der Waals surface area (Å²) in [6.07, 6.45) is 5.70. The SMILES string of the molecule is CC(F)(C1CCC1)C1CCCNC1. The summed E-state index contributed by atoms with van der Waals surface area (Å²) in [5, 5.41) is 3.30. The molecule has 1 N–H and O–H groups in total. The lowest BCUT2D eigenvalue weighted by molar-refractivity contribution is -0.0145. The summed E-state index contributed by atoms with van der Waals surface area (Å²) in [5.74, 6) is 0.629. The molecule has 2 rings (SSSR count). The van der Waals surface area contributed by atoms with Crippen molar-refractivity contribution < 1.29 is 4.39 Å². The largest absolute Gasteiger partial charge is 0.316 e. The highest BCUT2D eigenvalue weighted by Crippen LogP contribution is 2.44. The lowest BCUT2D eigenvalue weighted by atomic mass is 9.68. The molecular weight excluding hydrogens is 165 g/mol. The van der Waals surface area contributed by atoms with Gasteiger partial charge in [-0.3, -0.25) is 0 Å². The van der Waals surface area contributed by atoms with Gasteiger partial charge in [-0.2, -0.15) is 0 Å². The van der Waals surface area contributed by atoms with Crippen molar-refractivity contribution in [3.63, 3.8) is 0 Å². The van der Waals surface area contributed by atoms with Crippen molar-refractivity contribution in [2.24, 2.45) is 11.8 Å². The fourth-order valence-electron chi connectivity index (χ4n) is 2.64. The Morgan fingerprint density at radius 2 is 1.85 bits per heavy atom. The second-order valence-electron chi connectivity index (χ2n) is 4.82. The number of rotatable bonds is 2. The van der Waals surface area contributed by atoms with E-state index >= 15 is 0 Å². The molecule has 2 unspecified atom stereocenters. The van der Waals surface area contributed by atoms with Crippen LogP contribution in [0.15, 0.2) is 0 Å². The van der Waals surface area contributed by atoms with Crippen LogP contribution in [0.1, 0.15) is 39.0 Å². The van der Waals surface area contributed by atoms with Crippen molar-refractivity contribution in [2.75, 3.05) is 13.1 Å². The number of piperidine rings is 1. The molecule has 13 heavy (non-hydrogen) atoms. The van der Waals surface area contributed by atoms with Crippen LogP contribution in [0.25, 0.3) is 0 Å². The quantitative estimate of drug-likeness (QED) is 0.697. The Balaban J connectivity index is 1.94. The third-order valence-corrected chi connectivity index (χ3v) is 4.00. The monoisotopic (exact) mass is 185 g/mol. The van der Waals surface area contributed by atoms with Gasteiger partial charge in [0.05, 0.1) is 0 Å². The van der Waals surface area contributed by atoms with Crippen LogP contribution in [-0.4, -0.2) is 18.8 Å². The van der Waals surface area contributed by atoms with E-state index in [1.807, 2.05) is 6.92 Å². The Morgan fingerprint density at radius 3 is 2.31 bits per heavy atom. The van der Waals surface area contributed by atoms with Gasteiger partial charge in [0, 0.05) is 12.5 Å². The molecule has 0 aromatic heterocycles. The van der Waals surface area contributed by atoms with Crippen molar-refractivity contribution in [1.29, 1.82) is 0 Å². The molecule has 76 valence electrons. The average Bonchev–Trinajstić information content (AvgIpc) is 2.02. The second-order valence-corrected chi connectivity index (χ2v) is 4.82. The van der Waals surface area contributed by atoms with Gasteiger partial charge in [-0.05, 0) is 45.1 Å². The van der Waals surface area contributed by atoms with E-state index in [-0.39, 0.29) is 5.92 Å². The number of hydrogen-bond donors (Lipinski definition) is 1. The van der Waals surface area contributed by atoms with E-state index in [2.05, 4.69) is 5.32 Å². The zero-order chi connectivity index (χ0) is 9.31. The third kappa shape index (κ3) is 1.74. The van der Waals surface area contributed by atoms with Crippen LogP contribution in [0.4, 0.5) is 4.39 Å². The molecule has 2 atom stereocenters. The maximum atomic E-state index is 14.4. The van der Waals surface area contributed by atoms with E-state index in [0.29, 0.717) is 5.92 Å². The van der Waals surface area contributed by atoms with Crippen molar-refractivity contribution in [1.82, 2.24) is 5.32 Å². The van der Waals surface area contributed by atoms with Crippen LogP contribution >= 0.6 is 0 Å². The van der Waals surface area contributed by atoms with E-state index in [1.165, 1.54) is 6.42 Å². The Kier molecular flexibility index (Phi) is 2.59. The highest BCUT2D eigenvalue weighted by atomic mass is 19.1. The summed E-state index contributed by atoms with van der Waals surface area (Å²) in [5.41, 5.74) is -0.897. The number of nitrogens with one attached hydrogen (secondary N) is 1. The summed E-state index contributed by atoms with van der Waals surface area (Å²) in [7, 11) is 0. The molecule has 1 saturated heterocycles. The molecule has 2 fully saturated rings. The first-order valence-corrected chi connectivity index (χ1v) is 5.61. The lowest BCUT2D eigenvalue weighted by Crippen LogP contribution is -2.47. The molecule has 0 radical (unpaired) electrons. The number of hydrogen-bond acceptors (Lipinski definition) is 1. The van der Waals surface area contributed by atoms with Crippen LogP contribution in [0, 0.1) is 11.8 Å². The van der Waals surface area contributed by atoms with E-state index < -0.39 is 5.67 Å². The predicted octanol–water partition coefficient (Wildman–Crippen LogP) is 2.51. The third-order valence-electron chi connectivity index (χ3n) is 4.00. The molecule has 0 bridgehead atoms. The second kappa shape index (κ2) is 3.56. The lowest BCUT2D eigenvalue weighted by Gasteiger charge is -2.43. The molecule has 0 spiro atoms. The minimum atomic E-state index is -0.897. The zero-order valence-corrected chi connectivity index (χ0v) is 8.48. The molecule has 1 saturated carbocycles. The Bertz CT molecular complexity index is 169. The fraction of sp³-hybridized carbons (Fsp3) is 1.00. The van der Waals surface area contributed by atoms with Crippen LogP contribution in [-0.2, 0) is 0 Å². The normalized spacial score (nSPS) is 35.1. The van der Waals surface area contributed by atoms with Gasteiger partial charge < -0.3 is 5.32 Å². The van der Waals surface area contributed by atoms with Gasteiger partial charge in [-0.1, -0.05) is 6.42 Å². The highest BCUT2D eigenvalue weighted by Gasteiger charge is 2.44. The zero-order valence-electron chi connectivity index (χ0n) is 8.48. The minimum Gasteiger partial charge on any atom is -0.316 e. The first kappa shape index (κ1) is 9.45. The van der Waals surface area contributed by atoms with E-state index in [9.17, 15) is 4.39 Å². The molecule has 0 aromatic carbocycles. The Labute approximate surface area is 80.1 Å². The maximum Gasteiger partial charge on any atom is 0.115 e. The van der Waals surface area contributed by atoms with Crippen LogP contribution in [0.3, 0.4) is 0 Å². The van der Waals surface area contributed by atoms with Gasteiger partial charge >= 0.3 is 0 Å². The van der Waals surface area contributed by atoms with Crippen LogP contribution in [0.2, 0.25) is 0 Å². The Hall–Kier alpha value is -0.110. The first-order valence-electron chi connectivity index (χ1n) is 5.61. The fourth-order valence-corrected chi connectivity index (χ4v) is 2.64. The molecule has 1 aliphatic carbocycles. The number of halogens is 1. The molecular formula is C11H20FN. The molecule has 0 aromatic rings. The van der Waals surface area contributed by atoms with E-state index in [0.717, 1.165) is 38.8 Å². The van der Waals surface area contributed by atoms with Gasteiger partial charge in [0.2, 0.25) is 0 Å². The first-order chi connectivity index (χ1) is 6.21. The summed E-state index contributed by atoms with van der Waals surface area (Å²) >= 11 is 0. The molecule has 2 aliphatic rings. The van der Waals surface area contributed by atoms with Gasteiger partial charge in [-0.15, -0.1) is 0 Å². The molecule has 0 amide bonds. The van der Waals surface area contributed by atoms with Gasteiger partial charge in [-0.25, -0.2) is 4.39 Å². The predicted molar refractivity (Wildman–Crippen MR) is 52.4 cm³/mol. The number of alkyl halides is 1. The van der Waals surface area contributed by atoms with Crippen LogP contribution in [0.5, 0.6) is 0 Å². The molecule has 1 heterocycles. The smallest absolute Gasteiger partial charge is 0.115 e. The van der Waals surface area contributed by atoms with Crippen LogP contribution < -0.4 is 5.32 Å². The van der Waals surface area contributed by atoms with Gasteiger partial charge in [0.15, 0.2) is 0 Å². The maximum absolute atomic E-state index is 14.4. The molecule has 2 heteroatoms. The summed E-state index contributed by atoms with van der Waals surface area (Å²) in [6, 6.07) is 0. The van der Waals surface area contributed by atoms with Crippen molar-refractivity contribution in [3.8, 4) is 0 Å². The van der Waals surface area contributed by atoms with Gasteiger partial charge in [0.25, 0.3) is 0 Å². The standard InChI is InChI=1S/C11H20FN/c1-11(12,9-4-2-5-9)10-6-3-7-13-8-10/h9-10,13H,2-8H2,1H3. The van der Waals surface area contributed by atoms with Crippen molar-refractivity contribution in [2.45, 2.75) is 44.7 Å². The molecule has 1 nitrogen and oxygen atoms in total. The van der Waals surface area contributed by atoms with Gasteiger partial charge in [0.1, 0.15) is 5.67 Å². The minimum absolute atomic E-state index is 0.270. The summed E-state index contributed by atoms with van der Waals surface area (Å²) in [6.45, 7) is 3.80. The summed E-state index contributed by atoms with van der Waals surface area (Å²) < 4.78 is 14.4. The van der Waals surface area contributed by atoms with Crippen molar-refractivity contribution >= 4 is 0 Å². The topological polar surface area (TPSA) is 12.0 Å². The van der Waals surface area contributed by atoms with E-state index in [1.54, 1.807) is 0 Å². The van der Waals surface area contributed by atoms with Crippen molar-refractivity contribution in [3.05, 3.63) is 0 Å². The van der Waals surface area contributed by atoms with E-state index in [4.69, 9.17) is 0 Å².